The van der Waals surface area contributed by atoms with Crippen LogP contribution < -0.4 is 10.9 Å². The highest BCUT2D eigenvalue weighted by atomic mass is 19.1. The van der Waals surface area contributed by atoms with E-state index in [-0.39, 0.29) is 17.4 Å². The lowest BCUT2D eigenvalue weighted by Crippen LogP contribution is -2.20. The molecule has 28 heavy (non-hydrogen) atoms. The van der Waals surface area contributed by atoms with E-state index in [9.17, 15) is 9.90 Å². The third kappa shape index (κ3) is 2.69. The molecular formula is C23H23FN2O2. The minimum atomic E-state index is -0.832. The first-order chi connectivity index (χ1) is 13.4. The Labute approximate surface area is 162 Å². The first-order valence-electron chi connectivity index (χ1n) is 9.87. The molecule has 0 saturated heterocycles. The lowest BCUT2D eigenvalue weighted by Gasteiger charge is -2.17. The van der Waals surface area contributed by atoms with E-state index in [2.05, 4.69) is 18.3 Å². The summed E-state index contributed by atoms with van der Waals surface area (Å²) >= 11 is 0. The lowest BCUT2D eigenvalue weighted by atomic mass is 9.95. The molecule has 1 aliphatic carbocycles. The standard InChI is InChI=1S/C23H23FN2O2/c1-12-17-6-3-14(7-15(17)11-25-12)19-9-22-20(8-21(19)24)18(13(2)27)10-23(28)26(22)16-4-5-16/h3,6-10,12-13,16,25,27H,4-5,11H2,1-2H3. The summed E-state index contributed by atoms with van der Waals surface area (Å²) in [5.41, 5.74) is 4.79. The van der Waals surface area contributed by atoms with Crippen molar-refractivity contribution in [2.75, 3.05) is 0 Å². The number of halogens is 1. The van der Waals surface area contributed by atoms with Gasteiger partial charge < -0.3 is 15.0 Å². The SMILES string of the molecule is CC(O)c1cc(=O)n(C2CC2)c2cc(-c3ccc4c(c3)CNC4C)c(F)cc12. The molecule has 0 amide bonds. The second kappa shape index (κ2) is 6.26. The Morgan fingerprint density at radius 3 is 2.71 bits per heavy atom. The van der Waals surface area contributed by atoms with Crippen LogP contribution in [-0.2, 0) is 6.54 Å². The van der Waals surface area contributed by atoms with Crippen LogP contribution in [0.25, 0.3) is 22.0 Å². The molecule has 2 atom stereocenters. The van der Waals surface area contributed by atoms with Gasteiger partial charge in [0.2, 0.25) is 0 Å². The van der Waals surface area contributed by atoms with Crippen molar-refractivity contribution in [3.8, 4) is 11.1 Å². The number of hydrogen-bond acceptors (Lipinski definition) is 3. The van der Waals surface area contributed by atoms with Gasteiger partial charge in [-0.2, -0.15) is 0 Å². The summed E-state index contributed by atoms with van der Waals surface area (Å²) in [4.78, 5) is 12.7. The Morgan fingerprint density at radius 2 is 2.00 bits per heavy atom. The van der Waals surface area contributed by atoms with E-state index in [0.29, 0.717) is 28.1 Å². The molecule has 2 aliphatic rings. The second-order valence-electron chi connectivity index (χ2n) is 8.08. The quantitative estimate of drug-likeness (QED) is 0.712. The summed E-state index contributed by atoms with van der Waals surface area (Å²) < 4.78 is 16.9. The predicted molar refractivity (Wildman–Crippen MR) is 108 cm³/mol. The maximum Gasteiger partial charge on any atom is 0.251 e. The number of aromatic nitrogens is 1. The Bertz CT molecular complexity index is 1160. The first kappa shape index (κ1) is 17.6. The van der Waals surface area contributed by atoms with Gasteiger partial charge in [-0.05, 0) is 67.1 Å². The van der Waals surface area contributed by atoms with E-state index in [1.165, 1.54) is 23.3 Å². The molecule has 2 N–H and O–H groups in total. The average molecular weight is 378 g/mol. The van der Waals surface area contributed by atoms with Crippen molar-refractivity contribution in [1.82, 2.24) is 9.88 Å². The molecule has 0 spiro atoms. The van der Waals surface area contributed by atoms with E-state index in [4.69, 9.17) is 0 Å². The Balaban J connectivity index is 1.76. The highest BCUT2D eigenvalue weighted by Gasteiger charge is 2.28. The van der Waals surface area contributed by atoms with E-state index >= 15 is 4.39 Å². The molecule has 0 radical (unpaired) electrons. The molecule has 144 valence electrons. The van der Waals surface area contributed by atoms with Crippen LogP contribution in [0.5, 0.6) is 0 Å². The third-order valence-corrected chi connectivity index (χ3v) is 6.05. The highest BCUT2D eigenvalue weighted by Crippen LogP contribution is 2.39. The van der Waals surface area contributed by atoms with E-state index in [0.717, 1.165) is 24.9 Å². The molecule has 3 aromatic rings. The highest BCUT2D eigenvalue weighted by molar-refractivity contribution is 5.88. The smallest absolute Gasteiger partial charge is 0.251 e. The number of nitrogens with zero attached hydrogens (tertiary/aromatic N) is 1. The number of benzene rings is 2. The second-order valence-corrected chi connectivity index (χ2v) is 8.08. The third-order valence-electron chi connectivity index (χ3n) is 6.05. The van der Waals surface area contributed by atoms with Crippen LogP contribution in [0.15, 0.2) is 41.2 Å². The molecule has 2 aromatic carbocycles. The molecule has 4 nitrogen and oxygen atoms in total. The largest absolute Gasteiger partial charge is 0.389 e. The molecule has 1 aromatic heterocycles. The maximum atomic E-state index is 15.1. The molecule has 1 aliphatic heterocycles. The fourth-order valence-electron chi connectivity index (χ4n) is 4.39. The molecule has 1 fully saturated rings. The first-order valence-corrected chi connectivity index (χ1v) is 9.87. The summed E-state index contributed by atoms with van der Waals surface area (Å²) in [6, 6.07) is 11.2. The van der Waals surface area contributed by atoms with E-state index in [1.54, 1.807) is 17.6 Å². The maximum absolute atomic E-state index is 15.1. The average Bonchev–Trinajstić information content (AvgIpc) is 3.43. The number of aliphatic hydroxyl groups excluding tert-OH is 1. The van der Waals surface area contributed by atoms with Gasteiger partial charge in [0.15, 0.2) is 0 Å². The molecule has 2 unspecified atom stereocenters. The molecule has 1 saturated carbocycles. The molecule has 5 rings (SSSR count). The van der Waals surface area contributed by atoms with Crippen LogP contribution in [-0.4, -0.2) is 9.67 Å². The Kier molecular flexibility index (Phi) is 3.93. The summed E-state index contributed by atoms with van der Waals surface area (Å²) in [6.45, 7) is 4.50. The van der Waals surface area contributed by atoms with Crippen LogP contribution in [0.1, 0.15) is 61.6 Å². The van der Waals surface area contributed by atoms with E-state index in [1.807, 2.05) is 12.1 Å². The normalized spacial score (nSPS) is 19.8. The van der Waals surface area contributed by atoms with Crippen molar-refractivity contribution in [2.45, 2.75) is 51.4 Å². The van der Waals surface area contributed by atoms with Gasteiger partial charge in [-0.3, -0.25) is 4.79 Å². The minimum absolute atomic E-state index is 0.129. The number of rotatable bonds is 3. The van der Waals surface area contributed by atoms with Gasteiger partial charge >= 0.3 is 0 Å². The summed E-state index contributed by atoms with van der Waals surface area (Å²) in [6.07, 6.45) is 1.08. The fourth-order valence-corrected chi connectivity index (χ4v) is 4.39. The zero-order valence-corrected chi connectivity index (χ0v) is 16.0. The van der Waals surface area contributed by atoms with Gasteiger partial charge in [0.1, 0.15) is 5.82 Å². The minimum Gasteiger partial charge on any atom is -0.389 e. The van der Waals surface area contributed by atoms with Crippen molar-refractivity contribution in [2.24, 2.45) is 0 Å². The summed E-state index contributed by atoms with van der Waals surface area (Å²) in [5, 5.41) is 14.1. The summed E-state index contributed by atoms with van der Waals surface area (Å²) in [7, 11) is 0. The molecule has 2 heterocycles. The number of pyridine rings is 1. The van der Waals surface area contributed by atoms with Crippen LogP contribution in [0, 0.1) is 5.82 Å². The monoisotopic (exact) mass is 378 g/mol. The van der Waals surface area contributed by atoms with Crippen molar-refractivity contribution < 1.29 is 9.50 Å². The van der Waals surface area contributed by atoms with Gasteiger partial charge in [-0.1, -0.05) is 12.1 Å². The van der Waals surface area contributed by atoms with Crippen LogP contribution >= 0.6 is 0 Å². The van der Waals surface area contributed by atoms with Gasteiger partial charge in [0.25, 0.3) is 5.56 Å². The van der Waals surface area contributed by atoms with Crippen molar-refractivity contribution in [3.05, 3.63) is 69.3 Å². The molecular weight excluding hydrogens is 355 g/mol. The van der Waals surface area contributed by atoms with E-state index < -0.39 is 6.10 Å². The van der Waals surface area contributed by atoms with Crippen LogP contribution in [0.2, 0.25) is 0 Å². The zero-order chi connectivity index (χ0) is 19.6. The number of hydrogen-bond donors (Lipinski definition) is 2. The summed E-state index contributed by atoms with van der Waals surface area (Å²) in [5.74, 6) is -0.339. The van der Waals surface area contributed by atoms with Gasteiger partial charge in [0.05, 0.1) is 11.6 Å². The molecule has 0 bridgehead atoms. The number of nitrogens with one attached hydrogen (secondary N) is 1. The Hall–Kier alpha value is -2.50. The van der Waals surface area contributed by atoms with Gasteiger partial charge in [-0.25, -0.2) is 4.39 Å². The van der Waals surface area contributed by atoms with Crippen molar-refractivity contribution in [3.63, 3.8) is 0 Å². The number of fused-ring (bicyclic) bond motifs is 2. The van der Waals surface area contributed by atoms with Crippen molar-refractivity contribution in [1.29, 1.82) is 0 Å². The number of aliphatic hydroxyl groups is 1. The topological polar surface area (TPSA) is 54.3 Å². The van der Waals surface area contributed by atoms with Crippen LogP contribution in [0.3, 0.4) is 0 Å². The van der Waals surface area contributed by atoms with Crippen molar-refractivity contribution >= 4 is 10.9 Å². The fraction of sp³-hybridized carbons (Fsp3) is 0.348. The molecule has 5 heteroatoms. The lowest BCUT2D eigenvalue weighted by molar-refractivity contribution is 0.200. The van der Waals surface area contributed by atoms with Gasteiger partial charge in [-0.15, -0.1) is 0 Å². The zero-order valence-electron chi connectivity index (χ0n) is 16.0. The predicted octanol–water partition coefficient (Wildman–Crippen LogP) is 4.36. The van der Waals surface area contributed by atoms with Crippen LogP contribution in [0.4, 0.5) is 4.39 Å². The van der Waals surface area contributed by atoms with Gasteiger partial charge in [0, 0.05) is 35.6 Å². The Morgan fingerprint density at radius 1 is 1.21 bits per heavy atom.